The van der Waals surface area contributed by atoms with Crippen molar-refractivity contribution in [2.24, 2.45) is 5.92 Å². The number of morpholine rings is 1. The van der Waals surface area contributed by atoms with Gasteiger partial charge in [0.05, 0.1) is 19.1 Å². The monoisotopic (exact) mass is 298 g/mol. The number of amides is 2. The number of carbonyl (C=O) groups is 2. The average Bonchev–Trinajstić information content (AvgIpc) is 2.71. The molecule has 1 N–H and O–H groups in total. The third-order valence-electron chi connectivity index (χ3n) is 4.51. The van der Waals surface area contributed by atoms with Crippen molar-refractivity contribution >= 4 is 12.0 Å². The van der Waals surface area contributed by atoms with Gasteiger partial charge in [-0.2, -0.15) is 0 Å². The second-order valence-corrected chi connectivity index (χ2v) is 6.01. The van der Waals surface area contributed by atoms with Gasteiger partial charge in [0.1, 0.15) is 0 Å². The number of rotatable bonds is 3. The van der Waals surface area contributed by atoms with E-state index >= 15 is 0 Å². The van der Waals surface area contributed by atoms with Gasteiger partial charge in [0.25, 0.3) is 0 Å². The SMILES string of the molecule is CCC1CCCN(C(=O)N2CCOC(CC(=O)O)C2)CC1. The molecular weight excluding hydrogens is 272 g/mol. The van der Waals surface area contributed by atoms with Crippen molar-refractivity contribution in [2.45, 2.75) is 45.1 Å². The van der Waals surface area contributed by atoms with E-state index < -0.39 is 5.97 Å². The number of ether oxygens (including phenoxy) is 1. The van der Waals surface area contributed by atoms with E-state index in [0.717, 1.165) is 31.8 Å². The Morgan fingerprint density at radius 2 is 2.00 bits per heavy atom. The normalized spacial score (nSPS) is 27.3. The molecule has 120 valence electrons. The Hall–Kier alpha value is -1.30. The number of hydrogen-bond donors (Lipinski definition) is 1. The maximum absolute atomic E-state index is 12.6. The van der Waals surface area contributed by atoms with Gasteiger partial charge >= 0.3 is 12.0 Å². The van der Waals surface area contributed by atoms with Crippen LogP contribution in [0.5, 0.6) is 0 Å². The van der Waals surface area contributed by atoms with E-state index in [4.69, 9.17) is 9.84 Å². The number of aliphatic carboxylic acids is 1. The lowest BCUT2D eigenvalue weighted by atomic mass is 9.98. The molecule has 2 atom stereocenters. The largest absolute Gasteiger partial charge is 0.481 e. The molecule has 0 aromatic carbocycles. The predicted octanol–water partition coefficient (Wildman–Crippen LogP) is 1.79. The summed E-state index contributed by atoms with van der Waals surface area (Å²) in [6.07, 6.45) is 4.10. The maximum Gasteiger partial charge on any atom is 0.320 e. The molecule has 2 rings (SSSR count). The smallest absolute Gasteiger partial charge is 0.320 e. The molecule has 0 saturated carbocycles. The summed E-state index contributed by atoms with van der Waals surface area (Å²) in [6, 6.07) is 0.0467. The molecule has 0 aliphatic carbocycles. The summed E-state index contributed by atoms with van der Waals surface area (Å²) in [6.45, 7) is 5.21. The molecule has 2 aliphatic rings. The van der Waals surface area contributed by atoms with Crippen LogP contribution in [0, 0.1) is 5.92 Å². The second kappa shape index (κ2) is 7.64. The molecule has 2 aliphatic heterocycles. The molecule has 0 aromatic rings. The summed E-state index contributed by atoms with van der Waals surface area (Å²) in [4.78, 5) is 27.0. The molecule has 2 amide bonds. The highest BCUT2D eigenvalue weighted by Crippen LogP contribution is 2.21. The first kappa shape index (κ1) is 16.1. The lowest BCUT2D eigenvalue weighted by Crippen LogP contribution is -2.51. The van der Waals surface area contributed by atoms with Crippen LogP contribution in [0.4, 0.5) is 4.79 Å². The van der Waals surface area contributed by atoms with Gasteiger partial charge in [-0.3, -0.25) is 4.79 Å². The highest BCUT2D eigenvalue weighted by molar-refractivity contribution is 5.75. The lowest BCUT2D eigenvalue weighted by Gasteiger charge is -2.35. The number of likely N-dealkylation sites (tertiary alicyclic amines) is 1. The number of urea groups is 1. The van der Waals surface area contributed by atoms with Crippen molar-refractivity contribution in [3.8, 4) is 0 Å². The second-order valence-electron chi connectivity index (χ2n) is 6.01. The van der Waals surface area contributed by atoms with Crippen LogP contribution in [-0.4, -0.2) is 65.8 Å². The summed E-state index contributed by atoms with van der Waals surface area (Å²) >= 11 is 0. The van der Waals surface area contributed by atoms with Crippen LogP contribution >= 0.6 is 0 Å². The van der Waals surface area contributed by atoms with E-state index in [1.807, 2.05) is 4.90 Å². The van der Waals surface area contributed by atoms with Gasteiger partial charge in [-0.1, -0.05) is 13.3 Å². The Kier molecular flexibility index (Phi) is 5.85. The summed E-state index contributed by atoms with van der Waals surface area (Å²) in [5.41, 5.74) is 0. The fourth-order valence-corrected chi connectivity index (χ4v) is 3.18. The third kappa shape index (κ3) is 4.59. The molecule has 2 fully saturated rings. The summed E-state index contributed by atoms with van der Waals surface area (Å²) in [5.74, 6) is -0.151. The summed E-state index contributed by atoms with van der Waals surface area (Å²) in [7, 11) is 0. The lowest BCUT2D eigenvalue weighted by molar-refractivity contribution is -0.141. The standard InChI is InChI=1S/C15H26N2O4/c1-2-12-4-3-6-16(7-5-12)15(20)17-8-9-21-13(11-17)10-14(18)19/h12-13H,2-11H2,1H3,(H,18,19). The first-order chi connectivity index (χ1) is 10.1. The maximum atomic E-state index is 12.6. The van der Waals surface area contributed by atoms with Gasteiger partial charge in [-0.25, -0.2) is 4.79 Å². The minimum Gasteiger partial charge on any atom is -0.481 e. The number of hydrogen-bond acceptors (Lipinski definition) is 3. The average molecular weight is 298 g/mol. The zero-order valence-corrected chi connectivity index (χ0v) is 12.8. The van der Waals surface area contributed by atoms with E-state index in [-0.39, 0.29) is 18.6 Å². The van der Waals surface area contributed by atoms with Crippen molar-refractivity contribution in [3.05, 3.63) is 0 Å². The zero-order valence-electron chi connectivity index (χ0n) is 12.8. The number of carboxylic acid groups (broad SMARTS) is 1. The van der Waals surface area contributed by atoms with Crippen LogP contribution in [0.1, 0.15) is 39.0 Å². The molecule has 6 heteroatoms. The summed E-state index contributed by atoms with van der Waals surface area (Å²) in [5, 5.41) is 8.84. The fourth-order valence-electron chi connectivity index (χ4n) is 3.18. The molecular formula is C15H26N2O4. The Bertz CT molecular complexity index is 375. The molecule has 6 nitrogen and oxygen atoms in total. The molecule has 0 spiro atoms. The molecule has 0 radical (unpaired) electrons. The predicted molar refractivity (Wildman–Crippen MR) is 78.2 cm³/mol. The Morgan fingerprint density at radius 3 is 2.71 bits per heavy atom. The van der Waals surface area contributed by atoms with Crippen molar-refractivity contribution in [1.82, 2.24) is 9.80 Å². The van der Waals surface area contributed by atoms with E-state index in [2.05, 4.69) is 6.92 Å². The topological polar surface area (TPSA) is 70.1 Å². The Balaban J connectivity index is 1.88. The summed E-state index contributed by atoms with van der Waals surface area (Å²) < 4.78 is 5.42. The van der Waals surface area contributed by atoms with E-state index in [1.165, 1.54) is 12.8 Å². The molecule has 21 heavy (non-hydrogen) atoms. The van der Waals surface area contributed by atoms with Crippen LogP contribution in [0.15, 0.2) is 0 Å². The van der Waals surface area contributed by atoms with Crippen molar-refractivity contribution in [1.29, 1.82) is 0 Å². The molecule has 2 heterocycles. The van der Waals surface area contributed by atoms with Crippen LogP contribution in [0.3, 0.4) is 0 Å². The number of nitrogens with zero attached hydrogens (tertiary/aromatic N) is 2. The first-order valence-electron chi connectivity index (χ1n) is 7.97. The van der Waals surface area contributed by atoms with E-state index in [0.29, 0.717) is 19.7 Å². The molecule has 2 unspecified atom stereocenters. The van der Waals surface area contributed by atoms with Gasteiger partial charge in [0, 0.05) is 26.2 Å². The quantitative estimate of drug-likeness (QED) is 0.862. The fraction of sp³-hybridized carbons (Fsp3) is 0.867. The zero-order chi connectivity index (χ0) is 15.2. The van der Waals surface area contributed by atoms with Gasteiger partial charge in [0.2, 0.25) is 0 Å². The minimum atomic E-state index is -0.880. The van der Waals surface area contributed by atoms with Crippen LogP contribution < -0.4 is 0 Å². The van der Waals surface area contributed by atoms with Gasteiger partial charge in [0.15, 0.2) is 0 Å². The Labute approximate surface area is 126 Å². The minimum absolute atomic E-state index is 0.0400. The van der Waals surface area contributed by atoms with Gasteiger partial charge in [-0.05, 0) is 25.2 Å². The van der Waals surface area contributed by atoms with Gasteiger partial charge < -0.3 is 19.6 Å². The number of carboxylic acids is 1. The third-order valence-corrected chi connectivity index (χ3v) is 4.51. The van der Waals surface area contributed by atoms with Crippen LogP contribution in [0.25, 0.3) is 0 Å². The molecule has 0 aromatic heterocycles. The highest BCUT2D eigenvalue weighted by Gasteiger charge is 2.29. The van der Waals surface area contributed by atoms with E-state index in [1.54, 1.807) is 4.90 Å². The van der Waals surface area contributed by atoms with Crippen molar-refractivity contribution < 1.29 is 19.4 Å². The Morgan fingerprint density at radius 1 is 1.19 bits per heavy atom. The van der Waals surface area contributed by atoms with Crippen molar-refractivity contribution in [2.75, 3.05) is 32.8 Å². The highest BCUT2D eigenvalue weighted by atomic mass is 16.5. The van der Waals surface area contributed by atoms with Crippen molar-refractivity contribution in [3.63, 3.8) is 0 Å². The van der Waals surface area contributed by atoms with E-state index in [9.17, 15) is 9.59 Å². The molecule has 2 saturated heterocycles. The molecule has 0 bridgehead atoms. The van der Waals surface area contributed by atoms with Crippen LogP contribution in [-0.2, 0) is 9.53 Å². The number of carbonyl (C=O) groups excluding carboxylic acids is 1. The van der Waals surface area contributed by atoms with Crippen LogP contribution in [0.2, 0.25) is 0 Å². The van der Waals surface area contributed by atoms with Gasteiger partial charge in [-0.15, -0.1) is 0 Å². The first-order valence-corrected chi connectivity index (χ1v) is 7.97.